The van der Waals surface area contributed by atoms with Gasteiger partial charge < -0.3 is 0 Å². The van der Waals surface area contributed by atoms with E-state index in [1.165, 1.54) is 0 Å². The molecule has 0 aliphatic carbocycles. The zero-order valence-electron chi connectivity index (χ0n) is 12.4. The first-order valence-electron chi connectivity index (χ1n) is 6.84. The van der Waals surface area contributed by atoms with E-state index in [-0.39, 0.29) is 5.54 Å². The SMILES string of the molecule is CC(C)(C)n1nc(-c2ccncc2)nc1-c1cccnc1. The summed E-state index contributed by atoms with van der Waals surface area (Å²) < 4.78 is 1.94. The minimum Gasteiger partial charge on any atom is -0.265 e. The molecule has 0 amide bonds. The molecule has 0 unspecified atom stereocenters. The molecule has 5 heteroatoms. The fourth-order valence-corrected chi connectivity index (χ4v) is 2.08. The normalized spacial score (nSPS) is 11.6. The van der Waals surface area contributed by atoms with Crippen LogP contribution in [0.3, 0.4) is 0 Å². The standard InChI is InChI=1S/C16H17N5/c1-16(2,3)21-15(13-5-4-8-18-11-13)19-14(20-21)12-6-9-17-10-7-12/h4-11H,1-3H3. The first-order chi connectivity index (χ1) is 10.1. The molecule has 0 aromatic carbocycles. The van der Waals surface area contributed by atoms with Crippen LogP contribution >= 0.6 is 0 Å². The monoisotopic (exact) mass is 279 g/mol. The van der Waals surface area contributed by atoms with Crippen molar-refractivity contribution in [3.05, 3.63) is 49.1 Å². The van der Waals surface area contributed by atoms with Crippen molar-refractivity contribution in [2.45, 2.75) is 26.3 Å². The third kappa shape index (κ3) is 2.67. The van der Waals surface area contributed by atoms with Gasteiger partial charge in [-0.2, -0.15) is 0 Å². The predicted molar refractivity (Wildman–Crippen MR) is 81.5 cm³/mol. The summed E-state index contributed by atoms with van der Waals surface area (Å²) in [5.74, 6) is 1.52. The van der Waals surface area contributed by atoms with E-state index in [0.29, 0.717) is 5.82 Å². The lowest BCUT2D eigenvalue weighted by molar-refractivity contribution is 0.360. The summed E-state index contributed by atoms with van der Waals surface area (Å²) in [5.41, 5.74) is 1.75. The van der Waals surface area contributed by atoms with Crippen molar-refractivity contribution in [1.29, 1.82) is 0 Å². The number of rotatable bonds is 2. The second kappa shape index (κ2) is 5.09. The Bertz CT molecular complexity index is 726. The molecule has 0 aliphatic rings. The van der Waals surface area contributed by atoms with Crippen molar-refractivity contribution in [2.75, 3.05) is 0 Å². The topological polar surface area (TPSA) is 56.5 Å². The molecule has 0 spiro atoms. The van der Waals surface area contributed by atoms with Crippen LogP contribution in [0.25, 0.3) is 22.8 Å². The van der Waals surface area contributed by atoms with Crippen LogP contribution in [0.4, 0.5) is 0 Å². The second-order valence-corrected chi connectivity index (χ2v) is 5.82. The van der Waals surface area contributed by atoms with Crippen molar-refractivity contribution in [3.63, 3.8) is 0 Å². The number of hydrogen-bond donors (Lipinski definition) is 0. The molecule has 0 saturated heterocycles. The summed E-state index contributed by atoms with van der Waals surface area (Å²) in [6.45, 7) is 6.33. The minimum absolute atomic E-state index is 0.163. The van der Waals surface area contributed by atoms with E-state index in [2.05, 4.69) is 35.8 Å². The van der Waals surface area contributed by atoms with Gasteiger partial charge in [-0.3, -0.25) is 9.97 Å². The molecule has 0 aliphatic heterocycles. The Morgan fingerprint density at radius 2 is 1.67 bits per heavy atom. The molecular formula is C16H17N5. The number of hydrogen-bond acceptors (Lipinski definition) is 4. The molecule has 0 N–H and O–H groups in total. The maximum Gasteiger partial charge on any atom is 0.181 e. The highest BCUT2D eigenvalue weighted by molar-refractivity contribution is 5.60. The summed E-state index contributed by atoms with van der Waals surface area (Å²) >= 11 is 0. The Kier molecular flexibility index (Phi) is 3.25. The summed E-state index contributed by atoms with van der Waals surface area (Å²) in [6, 6.07) is 7.73. The van der Waals surface area contributed by atoms with Crippen molar-refractivity contribution in [3.8, 4) is 22.8 Å². The molecule has 0 fully saturated rings. The number of nitrogens with zero attached hydrogens (tertiary/aromatic N) is 5. The zero-order chi connectivity index (χ0) is 14.9. The summed E-state index contributed by atoms with van der Waals surface area (Å²) in [7, 11) is 0. The van der Waals surface area contributed by atoms with E-state index in [1.807, 2.05) is 35.1 Å². The first kappa shape index (κ1) is 13.4. The van der Waals surface area contributed by atoms with Gasteiger partial charge in [-0.15, -0.1) is 5.10 Å². The molecule has 3 aromatic heterocycles. The fourth-order valence-electron chi connectivity index (χ4n) is 2.08. The average molecular weight is 279 g/mol. The highest BCUT2D eigenvalue weighted by Gasteiger charge is 2.22. The minimum atomic E-state index is -0.163. The average Bonchev–Trinajstić information content (AvgIpc) is 2.94. The van der Waals surface area contributed by atoms with Crippen molar-refractivity contribution in [2.24, 2.45) is 0 Å². The van der Waals surface area contributed by atoms with Gasteiger partial charge in [0.25, 0.3) is 0 Å². The lowest BCUT2D eigenvalue weighted by atomic mass is 10.1. The van der Waals surface area contributed by atoms with Crippen LogP contribution in [-0.4, -0.2) is 24.7 Å². The van der Waals surface area contributed by atoms with Crippen molar-refractivity contribution in [1.82, 2.24) is 24.7 Å². The van der Waals surface area contributed by atoms with Gasteiger partial charge in [-0.25, -0.2) is 9.67 Å². The molecule has 106 valence electrons. The molecular weight excluding hydrogens is 262 g/mol. The van der Waals surface area contributed by atoms with E-state index in [9.17, 15) is 0 Å². The van der Waals surface area contributed by atoms with Gasteiger partial charge in [0.15, 0.2) is 11.6 Å². The fraction of sp³-hybridized carbons (Fsp3) is 0.250. The second-order valence-electron chi connectivity index (χ2n) is 5.82. The van der Waals surface area contributed by atoms with Crippen LogP contribution < -0.4 is 0 Å². The lowest BCUT2D eigenvalue weighted by Gasteiger charge is -2.21. The molecule has 0 bridgehead atoms. The van der Waals surface area contributed by atoms with Crippen LogP contribution in [-0.2, 0) is 5.54 Å². The van der Waals surface area contributed by atoms with Crippen LogP contribution in [0.5, 0.6) is 0 Å². The van der Waals surface area contributed by atoms with Gasteiger partial charge in [-0.1, -0.05) is 0 Å². The Balaban J connectivity index is 2.17. The van der Waals surface area contributed by atoms with Gasteiger partial charge in [0.2, 0.25) is 0 Å². The summed E-state index contributed by atoms with van der Waals surface area (Å²) in [4.78, 5) is 12.9. The lowest BCUT2D eigenvalue weighted by Crippen LogP contribution is -2.24. The van der Waals surface area contributed by atoms with Crippen LogP contribution in [0.2, 0.25) is 0 Å². The largest absolute Gasteiger partial charge is 0.265 e. The Labute approximate surface area is 123 Å². The predicted octanol–water partition coefficient (Wildman–Crippen LogP) is 3.16. The van der Waals surface area contributed by atoms with E-state index in [0.717, 1.165) is 17.0 Å². The van der Waals surface area contributed by atoms with Gasteiger partial charge in [0.1, 0.15) is 0 Å². The van der Waals surface area contributed by atoms with Gasteiger partial charge >= 0.3 is 0 Å². The highest BCUT2D eigenvalue weighted by atomic mass is 15.4. The molecule has 0 atom stereocenters. The Hall–Kier alpha value is -2.56. The Morgan fingerprint density at radius 1 is 0.905 bits per heavy atom. The molecule has 3 rings (SSSR count). The number of pyridine rings is 2. The van der Waals surface area contributed by atoms with Crippen LogP contribution in [0, 0.1) is 0 Å². The van der Waals surface area contributed by atoms with E-state index in [4.69, 9.17) is 4.98 Å². The summed E-state index contributed by atoms with van der Waals surface area (Å²) in [5, 5.41) is 4.68. The zero-order valence-corrected chi connectivity index (χ0v) is 12.4. The van der Waals surface area contributed by atoms with Crippen LogP contribution in [0.15, 0.2) is 49.1 Å². The Morgan fingerprint density at radius 3 is 2.29 bits per heavy atom. The van der Waals surface area contributed by atoms with E-state index in [1.54, 1.807) is 18.6 Å². The maximum absolute atomic E-state index is 4.70. The molecule has 21 heavy (non-hydrogen) atoms. The molecule has 3 aromatic rings. The highest BCUT2D eigenvalue weighted by Crippen LogP contribution is 2.26. The third-order valence-electron chi connectivity index (χ3n) is 3.10. The van der Waals surface area contributed by atoms with Gasteiger partial charge in [0.05, 0.1) is 5.54 Å². The van der Waals surface area contributed by atoms with Crippen LogP contribution in [0.1, 0.15) is 20.8 Å². The van der Waals surface area contributed by atoms with E-state index >= 15 is 0 Å². The summed E-state index contributed by atoms with van der Waals surface area (Å²) in [6.07, 6.45) is 7.06. The number of aromatic nitrogens is 5. The van der Waals surface area contributed by atoms with Gasteiger partial charge in [-0.05, 0) is 45.0 Å². The van der Waals surface area contributed by atoms with E-state index < -0.39 is 0 Å². The quantitative estimate of drug-likeness (QED) is 0.723. The molecule has 0 radical (unpaired) electrons. The van der Waals surface area contributed by atoms with Gasteiger partial charge in [0, 0.05) is 35.9 Å². The molecule has 0 saturated carbocycles. The third-order valence-corrected chi connectivity index (χ3v) is 3.10. The molecule has 5 nitrogen and oxygen atoms in total. The first-order valence-corrected chi connectivity index (χ1v) is 6.84. The molecule has 3 heterocycles. The maximum atomic E-state index is 4.70. The smallest absolute Gasteiger partial charge is 0.181 e. The van der Waals surface area contributed by atoms with Crippen molar-refractivity contribution >= 4 is 0 Å². The van der Waals surface area contributed by atoms with Crippen molar-refractivity contribution < 1.29 is 0 Å².